The number of hydrogen-bond acceptors (Lipinski definition) is 6. The van der Waals surface area contributed by atoms with Gasteiger partial charge in [-0.1, -0.05) is 29.5 Å². The third-order valence-electron chi connectivity index (χ3n) is 4.11. The summed E-state index contributed by atoms with van der Waals surface area (Å²) in [4.78, 5) is 14.2. The Kier molecular flexibility index (Phi) is 5.81. The molecule has 2 aromatic carbocycles. The molecule has 7 heteroatoms. The predicted octanol–water partition coefficient (Wildman–Crippen LogP) is 3.87. The molecule has 1 atom stereocenters. The number of carbonyl (C=O) groups is 1. The van der Waals surface area contributed by atoms with Crippen molar-refractivity contribution in [3.63, 3.8) is 0 Å². The second kappa shape index (κ2) is 8.26. The molecule has 6 nitrogen and oxygen atoms in total. The third-order valence-corrected chi connectivity index (χ3v) is 5.14. The molecular formula is C20H21N3O3S. The van der Waals surface area contributed by atoms with Crippen molar-refractivity contribution in [3.8, 4) is 11.5 Å². The van der Waals surface area contributed by atoms with E-state index < -0.39 is 0 Å². The van der Waals surface area contributed by atoms with Crippen LogP contribution in [0.1, 0.15) is 18.1 Å². The van der Waals surface area contributed by atoms with Gasteiger partial charge in [0.1, 0.15) is 11.5 Å². The number of methoxy groups -OCH3 is 2. The van der Waals surface area contributed by atoms with E-state index in [1.54, 1.807) is 31.4 Å². The first-order valence-corrected chi connectivity index (χ1v) is 9.32. The van der Waals surface area contributed by atoms with Crippen molar-refractivity contribution in [1.82, 2.24) is 0 Å². The van der Waals surface area contributed by atoms with E-state index in [2.05, 4.69) is 10.2 Å². The average Bonchev–Trinajstić information content (AvgIpc) is 2.96. The maximum Gasteiger partial charge on any atom is 0.246 e. The van der Waals surface area contributed by atoms with Crippen molar-refractivity contribution in [2.75, 3.05) is 19.1 Å². The zero-order valence-corrected chi connectivity index (χ0v) is 16.5. The van der Waals surface area contributed by atoms with Crippen molar-refractivity contribution in [3.05, 3.63) is 53.6 Å². The molecule has 1 aliphatic rings. The number of rotatable bonds is 5. The Bertz CT molecular complexity index is 894. The summed E-state index contributed by atoms with van der Waals surface area (Å²) >= 11 is 1.39. The number of amidine groups is 1. The molecule has 0 saturated carbocycles. The van der Waals surface area contributed by atoms with Crippen LogP contribution in [0.15, 0.2) is 52.7 Å². The second-order valence-electron chi connectivity index (χ2n) is 6.00. The summed E-state index contributed by atoms with van der Waals surface area (Å²) in [6, 6.07) is 13.2. The van der Waals surface area contributed by atoms with E-state index in [0.29, 0.717) is 16.7 Å². The summed E-state index contributed by atoms with van der Waals surface area (Å²) in [5.41, 5.74) is 2.69. The minimum absolute atomic E-state index is 0.000156. The lowest BCUT2D eigenvalue weighted by atomic mass is 10.2. The first-order chi connectivity index (χ1) is 13.0. The van der Waals surface area contributed by atoms with Gasteiger partial charge in [0.05, 0.1) is 31.4 Å². The second-order valence-corrected chi connectivity index (χ2v) is 7.31. The van der Waals surface area contributed by atoms with Gasteiger partial charge in [-0.15, -0.1) is 5.10 Å². The molecule has 0 aliphatic carbocycles. The van der Waals surface area contributed by atoms with Crippen LogP contribution in [0, 0.1) is 6.92 Å². The zero-order chi connectivity index (χ0) is 19.4. The number of aryl methyl sites for hydroxylation is 1. The van der Waals surface area contributed by atoms with Crippen molar-refractivity contribution < 1.29 is 14.3 Å². The van der Waals surface area contributed by atoms with Crippen LogP contribution in [0.3, 0.4) is 0 Å². The van der Waals surface area contributed by atoms with Crippen LogP contribution in [0.25, 0.3) is 0 Å². The molecule has 0 radical (unpaired) electrons. The van der Waals surface area contributed by atoms with Crippen molar-refractivity contribution in [2.45, 2.75) is 19.1 Å². The highest BCUT2D eigenvalue weighted by Crippen LogP contribution is 2.32. The van der Waals surface area contributed by atoms with Gasteiger partial charge in [-0.2, -0.15) is 5.10 Å². The van der Waals surface area contributed by atoms with Gasteiger partial charge < -0.3 is 9.47 Å². The number of benzene rings is 2. The van der Waals surface area contributed by atoms with Gasteiger partial charge in [-0.3, -0.25) is 9.69 Å². The lowest BCUT2D eigenvalue weighted by Crippen LogP contribution is -2.31. The minimum Gasteiger partial charge on any atom is -0.497 e. The Hall–Kier alpha value is -2.80. The monoisotopic (exact) mass is 383 g/mol. The van der Waals surface area contributed by atoms with Crippen molar-refractivity contribution in [2.24, 2.45) is 10.2 Å². The lowest BCUT2D eigenvalue weighted by molar-refractivity contribution is -0.116. The summed E-state index contributed by atoms with van der Waals surface area (Å²) < 4.78 is 10.5. The Morgan fingerprint density at radius 3 is 2.52 bits per heavy atom. The zero-order valence-electron chi connectivity index (χ0n) is 15.7. The van der Waals surface area contributed by atoms with Crippen molar-refractivity contribution >= 4 is 34.7 Å². The molecule has 1 fully saturated rings. The third kappa shape index (κ3) is 4.14. The smallest absolute Gasteiger partial charge is 0.246 e. The predicted molar refractivity (Wildman–Crippen MR) is 110 cm³/mol. The minimum atomic E-state index is -0.198. The van der Waals surface area contributed by atoms with E-state index in [1.807, 2.05) is 50.2 Å². The summed E-state index contributed by atoms with van der Waals surface area (Å²) in [5.74, 6) is 1.34. The van der Waals surface area contributed by atoms with E-state index in [1.165, 1.54) is 11.8 Å². The van der Waals surface area contributed by atoms with Crippen LogP contribution < -0.4 is 14.4 Å². The van der Waals surface area contributed by atoms with Gasteiger partial charge >= 0.3 is 0 Å². The summed E-state index contributed by atoms with van der Waals surface area (Å²) in [5, 5.41) is 8.82. The molecule has 140 valence electrons. The molecule has 27 heavy (non-hydrogen) atoms. The van der Waals surface area contributed by atoms with Gasteiger partial charge in [0.15, 0.2) is 5.17 Å². The lowest BCUT2D eigenvalue weighted by Gasteiger charge is -2.15. The maximum absolute atomic E-state index is 12.5. The van der Waals surface area contributed by atoms with Crippen LogP contribution >= 0.6 is 11.8 Å². The van der Waals surface area contributed by atoms with Gasteiger partial charge in [-0.25, -0.2) is 0 Å². The number of nitrogens with zero attached hydrogens (tertiary/aromatic N) is 3. The largest absolute Gasteiger partial charge is 0.497 e. The number of amides is 1. The van der Waals surface area contributed by atoms with Crippen LogP contribution in [0.4, 0.5) is 5.69 Å². The van der Waals surface area contributed by atoms with Crippen LogP contribution in [-0.2, 0) is 4.79 Å². The van der Waals surface area contributed by atoms with E-state index in [0.717, 1.165) is 16.8 Å². The van der Waals surface area contributed by atoms with Crippen LogP contribution in [0.2, 0.25) is 0 Å². The average molecular weight is 383 g/mol. The maximum atomic E-state index is 12.5. The topological polar surface area (TPSA) is 63.5 Å². The molecule has 0 aromatic heterocycles. The summed E-state index contributed by atoms with van der Waals surface area (Å²) in [6.07, 6.45) is 1.60. The Balaban J connectivity index is 1.87. The Labute approximate surface area is 162 Å². The van der Waals surface area contributed by atoms with E-state index in [-0.39, 0.29) is 11.2 Å². The normalized spacial score (nSPS) is 18.5. The fraction of sp³-hybridized carbons (Fsp3) is 0.250. The molecule has 3 rings (SSSR count). The van der Waals surface area contributed by atoms with E-state index in [4.69, 9.17) is 9.47 Å². The highest BCUT2D eigenvalue weighted by atomic mass is 32.2. The van der Waals surface area contributed by atoms with Crippen LogP contribution in [0.5, 0.6) is 11.5 Å². The SMILES string of the molecule is COc1ccc(/C=N\N=C2\S[C@@H](C)C(=O)N2c2ccc(C)cc2)c(OC)c1. The number of carbonyl (C=O) groups excluding carboxylic acids is 1. The standard InChI is InChI=1S/C20H21N3O3S/c1-13-5-8-16(9-6-13)23-19(24)14(2)27-20(23)22-21-12-15-7-10-17(25-3)11-18(15)26-4/h5-12,14H,1-4H3/b21-12-,22-20+/t14-/m0/s1. The molecular weight excluding hydrogens is 362 g/mol. The van der Waals surface area contributed by atoms with Gasteiger partial charge in [0.2, 0.25) is 5.91 Å². The van der Waals surface area contributed by atoms with Gasteiger partial charge in [-0.05, 0) is 38.1 Å². The molecule has 1 heterocycles. The Morgan fingerprint density at radius 1 is 1.11 bits per heavy atom. The fourth-order valence-corrected chi connectivity index (χ4v) is 3.52. The van der Waals surface area contributed by atoms with Gasteiger partial charge in [0, 0.05) is 11.6 Å². The summed E-state index contributed by atoms with van der Waals surface area (Å²) in [7, 11) is 3.19. The van der Waals surface area contributed by atoms with E-state index >= 15 is 0 Å². The molecule has 0 spiro atoms. The van der Waals surface area contributed by atoms with Crippen molar-refractivity contribution in [1.29, 1.82) is 0 Å². The highest BCUT2D eigenvalue weighted by molar-refractivity contribution is 8.16. The molecule has 0 bridgehead atoms. The number of hydrogen-bond donors (Lipinski definition) is 0. The Morgan fingerprint density at radius 2 is 1.85 bits per heavy atom. The number of ether oxygens (including phenoxy) is 2. The quantitative estimate of drug-likeness (QED) is 0.581. The molecule has 2 aromatic rings. The fourth-order valence-electron chi connectivity index (χ4n) is 2.60. The first-order valence-electron chi connectivity index (χ1n) is 8.44. The summed E-state index contributed by atoms with van der Waals surface area (Å²) in [6.45, 7) is 3.88. The number of thioether (sulfide) groups is 1. The highest BCUT2D eigenvalue weighted by Gasteiger charge is 2.36. The number of anilines is 1. The molecule has 0 N–H and O–H groups in total. The van der Waals surface area contributed by atoms with E-state index in [9.17, 15) is 4.79 Å². The molecule has 1 amide bonds. The van der Waals surface area contributed by atoms with Crippen LogP contribution in [-0.4, -0.2) is 36.8 Å². The first kappa shape index (κ1) is 19.0. The molecule has 0 unspecified atom stereocenters. The van der Waals surface area contributed by atoms with Gasteiger partial charge in [0.25, 0.3) is 0 Å². The molecule has 1 aliphatic heterocycles. The molecule has 1 saturated heterocycles.